The van der Waals surface area contributed by atoms with Gasteiger partial charge in [0.25, 0.3) is 0 Å². The lowest BCUT2D eigenvalue weighted by Gasteiger charge is -2.09. The smallest absolute Gasteiger partial charge is 0.152 e. The lowest BCUT2D eigenvalue weighted by Crippen LogP contribution is -2.02. The summed E-state index contributed by atoms with van der Waals surface area (Å²) in [5.74, 6) is 0.480. The Kier molecular flexibility index (Phi) is 3.74. The summed E-state index contributed by atoms with van der Waals surface area (Å²) in [7, 11) is 1.83. The molecule has 0 radical (unpaired) electrons. The van der Waals surface area contributed by atoms with E-state index in [0.29, 0.717) is 5.69 Å². The minimum Gasteiger partial charge on any atom is -0.394 e. The third-order valence-corrected chi connectivity index (χ3v) is 3.57. The van der Waals surface area contributed by atoms with Crippen LogP contribution < -0.4 is 11.1 Å². The molecule has 18 heavy (non-hydrogen) atoms. The van der Waals surface area contributed by atoms with Crippen molar-refractivity contribution in [2.45, 2.75) is 13.3 Å². The maximum Gasteiger partial charge on any atom is 0.152 e. The highest BCUT2D eigenvalue weighted by Crippen LogP contribution is 2.28. The van der Waals surface area contributed by atoms with Gasteiger partial charge in [-0.15, -0.1) is 0 Å². The van der Waals surface area contributed by atoms with Gasteiger partial charge in [0.15, 0.2) is 5.82 Å². The number of aromatic nitrogens is 2. The predicted molar refractivity (Wildman–Crippen MR) is 79.4 cm³/mol. The first-order chi connectivity index (χ1) is 8.52. The van der Waals surface area contributed by atoms with Gasteiger partial charge in [0.05, 0.1) is 17.1 Å². The fourth-order valence-electron chi connectivity index (χ4n) is 1.72. The molecule has 0 bridgehead atoms. The van der Waals surface area contributed by atoms with E-state index in [1.54, 1.807) is 10.7 Å². The molecule has 0 saturated carbocycles. The monoisotopic (exact) mass is 360 g/mol. The van der Waals surface area contributed by atoms with Crippen LogP contribution in [0.3, 0.4) is 0 Å². The van der Waals surface area contributed by atoms with Gasteiger partial charge in [0, 0.05) is 10.6 Å². The van der Waals surface area contributed by atoms with E-state index in [2.05, 4.69) is 33.0 Å². The molecule has 1 aromatic carbocycles. The van der Waals surface area contributed by atoms with Gasteiger partial charge in [-0.2, -0.15) is 5.10 Å². The van der Waals surface area contributed by atoms with Crippen LogP contribution in [0, 0.1) is 9.39 Å². The van der Waals surface area contributed by atoms with Crippen LogP contribution in [0.15, 0.2) is 18.2 Å². The number of nitrogens with two attached hydrogens (primary N) is 1. The molecule has 0 aliphatic heterocycles. The summed E-state index contributed by atoms with van der Waals surface area (Å²) in [5.41, 5.74) is 8.33. The Labute approximate surface area is 119 Å². The minimum absolute atomic E-state index is 0.253. The van der Waals surface area contributed by atoms with Crippen molar-refractivity contribution in [1.82, 2.24) is 9.78 Å². The summed E-state index contributed by atoms with van der Waals surface area (Å²) >= 11 is 2.08. The van der Waals surface area contributed by atoms with Gasteiger partial charge in [-0.3, -0.25) is 4.68 Å². The van der Waals surface area contributed by atoms with E-state index in [1.807, 2.05) is 14.0 Å². The highest BCUT2D eigenvalue weighted by Gasteiger charge is 2.13. The van der Waals surface area contributed by atoms with Gasteiger partial charge in [-0.25, -0.2) is 4.39 Å². The van der Waals surface area contributed by atoms with E-state index in [1.165, 1.54) is 12.1 Å². The van der Waals surface area contributed by atoms with Crippen molar-refractivity contribution in [2.75, 3.05) is 11.1 Å². The standard InChI is InChI=1S/C12H14FIN4/c1-3-9-11(15)12(18(2)17-9)16-10-5-4-7(13)6-8(10)14/h4-6,16H,3,15H2,1-2H3. The second-order valence-electron chi connectivity index (χ2n) is 3.94. The van der Waals surface area contributed by atoms with Gasteiger partial charge in [-0.05, 0) is 47.2 Å². The van der Waals surface area contributed by atoms with Crippen LogP contribution in [0.5, 0.6) is 0 Å². The van der Waals surface area contributed by atoms with Crippen molar-refractivity contribution in [3.05, 3.63) is 33.3 Å². The molecule has 0 spiro atoms. The van der Waals surface area contributed by atoms with Crippen LogP contribution in [-0.2, 0) is 13.5 Å². The first-order valence-electron chi connectivity index (χ1n) is 5.56. The second kappa shape index (κ2) is 5.13. The summed E-state index contributed by atoms with van der Waals surface area (Å²) in [5, 5.41) is 7.52. The van der Waals surface area contributed by atoms with E-state index in [-0.39, 0.29) is 5.82 Å². The zero-order valence-corrected chi connectivity index (χ0v) is 12.3. The molecular weight excluding hydrogens is 346 g/mol. The molecule has 0 amide bonds. The number of anilines is 3. The maximum absolute atomic E-state index is 13.0. The van der Waals surface area contributed by atoms with Crippen molar-refractivity contribution in [1.29, 1.82) is 0 Å². The zero-order valence-electron chi connectivity index (χ0n) is 10.2. The molecule has 96 valence electrons. The average Bonchev–Trinajstić information content (AvgIpc) is 2.59. The van der Waals surface area contributed by atoms with Crippen LogP contribution in [0.2, 0.25) is 0 Å². The Hall–Kier alpha value is -1.31. The van der Waals surface area contributed by atoms with Crippen molar-refractivity contribution >= 4 is 39.8 Å². The van der Waals surface area contributed by atoms with Crippen LogP contribution in [0.4, 0.5) is 21.6 Å². The quantitative estimate of drug-likeness (QED) is 0.828. The number of aryl methyl sites for hydroxylation is 2. The highest BCUT2D eigenvalue weighted by molar-refractivity contribution is 14.1. The SMILES string of the molecule is CCc1nn(C)c(Nc2ccc(F)cc2I)c1N. The van der Waals surface area contributed by atoms with E-state index in [0.717, 1.165) is 27.2 Å². The second-order valence-corrected chi connectivity index (χ2v) is 5.10. The number of nitrogens with zero attached hydrogens (tertiary/aromatic N) is 2. The highest BCUT2D eigenvalue weighted by atomic mass is 127. The Morgan fingerprint density at radius 2 is 2.22 bits per heavy atom. The molecule has 6 heteroatoms. The molecular formula is C12H14FIN4. The maximum atomic E-state index is 13.0. The van der Waals surface area contributed by atoms with Gasteiger partial charge >= 0.3 is 0 Å². The largest absolute Gasteiger partial charge is 0.394 e. The number of nitrogens with one attached hydrogen (secondary N) is 1. The number of benzene rings is 1. The molecule has 0 saturated heterocycles. The number of halogens is 2. The molecule has 1 heterocycles. The van der Waals surface area contributed by atoms with Crippen LogP contribution in [0.25, 0.3) is 0 Å². The number of rotatable bonds is 3. The lowest BCUT2D eigenvalue weighted by atomic mass is 10.2. The van der Waals surface area contributed by atoms with E-state index < -0.39 is 0 Å². The molecule has 4 nitrogen and oxygen atoms in total. The molecule has 3 N–H and O–H groups in total. The fourth-order valence-corrected chi connectivity index (χ4v) is 2.34. The summed E-state index contributed by atoms with van der Waals surface area (Å²) in [6, 6.07) is 4.57. The van der Waals surface area contributed by atoms with E-state index >= 15 is 0 Å². The topological polar surface area (TPSA) is 55.9 Å². The summed E-state index contributed by atoms with van der Waals surface area (Å²) in [6.45, 7) is 2.00. The van der Waals surface area contributed by atoms with E-state index in [9.17, 15) is 4.39 Å². The van der Waals surface area contributed by atoms with Crippen molar-refractivity contribution in [3.63, 3.8) is 0 Å². The summed E-state index contributed by atoms with van der Waals surface area (Å²) in [4.78, 5) is 0. The van der Waals surface area contributed by atoms with E-state index in [4.69, 9.17) is 5.73 Å². The van der Waals surface area contributed by atoms with Crippen LogP contribution >= 0.6 is 22.6 Å². The molecule has 0 unspecified atom stereocenters. The van der Waals surface area contributed by atoms with Gasteiger partial charge in [0.1, 0.15) is 5.82 Å². The number of hydrogen-bond donors (Lipinski definition) is 2. The zero-order chi connectivity index (χ0) is 13.3. The number of nitrogen functional groups attached to an aromatic ring is 1. The van der Waals surface area contributed by atoms with Crippen molar-refractivity contribution in [2.24, 2.45) is 7.05 Å². The molecule has 1 aromatic heterocycles. The Bertz CT molecular complexity index is 580. The minimum atomic E-state index is -0.253. The number of hydrogen-bond acceptors (Lipinski definition) is 3. The van der Waals surface area contributed by atoms with Gasteiger partial charge in [0.2, 0.25) is 0 Å². The third kappa shape index (κ3) is 2.43. The fraction of sp³-hybridized carbons (Fsp3) is 0.250. The normalized spacial score (nSPS) is 10.7. The van der Waals surface area contributed by atoms with Crippen LogP contribution in [-0.4, -0.2) is 9.78 Å². The van der Waals surface area contributed by atoms with Crippen LogP contribution in [0.1, 0.15) is 12.6 Å². The Morgan fingerprint density at radius 1 is 1.50 bits per heavy atom. The van der Waals surface area contributed by atoms with Crippen molar-refractivity contribution < 1.29 is 4.39 Å². The van der Waals surface area contributed by atoms with Gasteiger partial charge in [-0.1, -0.05) is 6.92 Å². The summed E-state index contributed by atoms with van der Waals surface area (Å²) < 4.78 is 15.5. The molecule has 0 aliphatic carbocycles. The average molecular weight is 360 g/mol. The first kappa shape index (κ1) is 13.1. The summed E-state index contributed by atoms with van der Waals surface area (Å²) in [6.07, 6.45) is 0.780. The first-order valence-corrected chi connectivity index (χ1v) is 6.64. The molecule has 0 atom stereocenters. The molecule has 2 aromatic rings. The van der Waals surface area contributed by atoms with Gasteiger partial charge < -0.3 is 11.1 Å². The Morgan fingerprint density at radius 3 is 2.78 bits per heavy atom. The molecule has 2 rings (SSSR count). The Balaban J connectivity index is 2.37. The predicted octanol–water partition coefficient (Wildman–Crippen LogP) is 3.05. The molecule has 0 aliphatic rings. The molecule has 0 fully saturated rings. The third-order valence-electron chi connectivity index (χ3n) is 2.68. The lowest BCUT2D eigenvalue weighted by molar-refractivity contribution is 0.627. The van der Waals surface area contributed by atoms with Crippen molar-refractivity contribution in [3.8, 4) is 0 Å².